The van der Waals surface area contributed by atoms with Crippen LogP contribution in [0.15, 0.2) is 24.3 Å². The lowest BCUT2D eigenvalue weighted by Crippen LogP contribution is -2.59. The standard InChI is InChI=1S/C19H24N2O4/c1-3-12-15-10-9-25-17(16(15)22)19(8-13(10)20-12)11-6-4-5-7-14(11)21(24-2)18(19)23/h4-7,10,12-13,15-17,20,22H,3,8-9H2,1-2H3/t10-,12+,13+,15-,16+,17+,19-/m0/s1. The fourth-order valence-corrected chi connectivity index (χ4v) is 5.89. The number of rotatable bonds is 2. The molecule has 0 unspecified atom stereocenters. The van der Waals surface area contributed by atoms with E-state index >= 15 is 0 Å². The molecule has 1 amide bonds. The first-order valence-corrected chi connectivity index (χ1v) is 9.17. The Balaban J connectivity index is 1.69. The molecule has 0 radical (unpaired) electrons. The lowest BCUT2D eigenvalue weighted by Gasteiger charge is -2.43. The molecule has 2 N–H and O–H groups in total. The predicted octanol–water partition coefficient (Wildman–Crippen LogP) is 0.979. The van der Waals surface area contributed by atoms with E-state index < -0.39 is 17.6 Å². The van der Waals surface area contributed by atoms with Gasteiger partial charge >= 0.3 is 0 Å². The van der Waals surface area contributed by atoms with Crippen molar-refractivity contribution in [3.8, 4) is 0 Å². The van der Waals surface area contributed by atoms with E-state index in [9.17, 15) is 9.90 Å². The summed E-state index contributed by atoms with van der Waals surface area (Å²) in [6, 6.07) is 8.18. The molecule has 4 aliphatic heterocycles. The van der Waals surface area contributed by atoms with Crippen LogP contribution in [0.1, 0.15) is 25.3 Å². The van der Waals surface area contributed by atoms with Gasteiger partial charge in [0.1, 0.15) is 11.5 Å². The summed E-state index contributed by atoms with van der Waals surface area (Å²) in [5.74, 6) is 0.278. The van der Waals surface area contributed by atoms with Crippen LogP contribution in [0.4, 0.5) is 5.69 Å². The van der Waals surface area contributed by atoms with E-state index in [2.05, 4.69) is 12.2 Å². The van der Waals surface area contributed by atoms with Gasteiger partial charge in [-0.05, 0) is 24.5 Å². The summed E-state index contributed by atoms with van der Waals surface area (Å²) in [4.78, 5) is 18.9. The Morgan fingerprint density at radius 3 is 3.00 bits per heavy atom. The monoisotopic (exact) mass is 344 g/mol. The molecule has 5 aliphatic rings. The zero-order chi connectivity index (χ0) is 17.3. The summed E-state index contributed by atoms with van der Waals surface area (Å²) in [7, 11) is 1.51. The van der Waals surface area contributed by atoms with E-state index in [0.717, 1.165) is 17.7 Å². The summed E-state index contributed by atoms with van der Waals surface area (Å²) in [5, 5.41) is 16.3. The zero-order valence-corrected chi connectivity index (χ0v) is 14.5. The molecule has 6 rings (SSSR count). The molecule has 4 bridgehead atoms. The SMILES string of the molecule is CC[C@H]1N[C@@H]2C[C@@]3(C(=O)N(OC)c4ccccc43)[C@@H]3OC[C@@H]2[C@@H]1[C@H]3O. The van der Waals surface area contributed by atoms with Crippen molar-refractivity contribution in [1.29, 1.82) is 0 Å². The van der Waals surface area contributed by atoms with E-state index in [0.29, 0.717) is 19.1 Å². The van der Waals surface area contributed by atoms with Crippen LogP contribution in [0.2, 0.25) is 0 Å². The lowest BCUT2D eigenvalue weighted by molar-refractivity contribution is -0.159. The van der Waals surface area contributed by atoms with Crippen molar-refractivity contribution in [2.75, 3.05) is 18.8 Å². The fourth-order valence-electron chi connectivity index (χ4n) is 5.89. The second-order valence-corrected chi connectivity index (χ2v) is 7.75. The van der Waals surface area contributed by atoms with Crippen molar-refractivity contribution in [2.24, 2.45) is 11.8 Å². The number of carbonyl (C=O) groups excluding carboxylic acids is 1. The second-order valence-electron chi connectivity index (χ2n) is 7.75. The minimum absolute atomic E-state index is 0.122. The van der Waals surface area contributed by atoms with Gasteiger partial charge in [-0.25, -0.2) is 0 Å². The molecule has 134 valence electrons. The summed E-state index contributed by atoms with van der Waals surface area (Å²) >= 11 is 0. The van der Waals surface area contributed by atoms with Crippen molar-refractivity contribution in [3.63, 3.8) is 0 Å². The second kappa shape index (κ2) is 5.27. The van der Waals surface area contributed by atoms with Crippen molar-refractivity contribution < 1.29 is 19.5 Å². The molecule has 3 saturated heterocycles. The molecule has 7 atom stereocenters. The number of aliphatic hydroxyl groups is 1. The number of amides is 1. The van der Waals surface area contributed by atoms with Crippen molar-refractivity contribution in [2.45, 2.75) is 49.5 Å². The number of carbonyl (C=O) groups is 1. The third-order valence-corrected chi connectivity index (χ3v) is 6.90. The first kappa shape index (κ1) is 15.8. The number of nitrogens with one attached hydrogen (secondary N) is 1. The average Bonchev–Trinajstić information content (AvgIpc) is 3.00. The van der Waals surface area contributed by atoms with Gasteiger partial charge in [0, 0.05) is 23.9 Å². The van der Waals surface area contributed by atoms with Crippen molar-refractivity contribution in [1.82, 2.24) is 5.32 Å². The maximum Gasteiger partial charge on any atom is 0.264 e. The number of aliphatic hydroxyl groups excluding tert-OH is 1. The van der Waals surface area contributed by atoms with Gasteiger partial charge in [-0.15, -0.1) is 0 Å². The Morgan fingerprint density at radius 1 is 1.44 bits per heavy atom. The van der Waals surface area contributed by atoms with Gasteiger partial charge in [0.25, 0.3) is 5.91 Å². The minimum Gasteiger partial charge on any atom is -0.390 e. The number of nitrogens with zero attached hydrogens (tertiary/aromatic N) is 1. The van der Waals surface area contributed by atoms with E-state index in [4.69, 9.17) is 9.57 Å². The number of hydrogen-bond donors (Lipinski definition) is 2. The summed E-state index contributed by atoms with van der Waals surface area (Å²) in [6.45, 7) is 2.75. The van der Waals surface area contributed by atoms with Crippen molar-refractivity contribution >= 4 is 11.6 Å². The van der Waals surface area contributed by atoms with Crippen LogP contribution in [0, 0.1) is 11.8 Å². The molecule has 1 spiro atoms. The molecule has 1 saturated carbocycles. The molecule has 25 heavy (non-hydrogen) atoms. The smallest absolute Gasteiger partial charge is 0.264 e. The van der Waals surface area contributed by atoms with Gasteiger partial charge in [-0.3, -0.25) is 9.63 Å². The number of fused-ring (bicyclic) bond motifs is 2. The fraction of sp³-hybridized carbons (Fsp3) is 0.632. The summed E-state index contributed by atoms with van der Waals surface area (Å²) in [6.07, 6.45) is 0.437. The summed E-state index contributed by atoms with van der Waals surface area (Å²) in [5.41, 5.74) is 0.791. The highest BCUT2D eigenvalue weighted by Crippen LogP contribution is 2.56. The Bertz CT molecular complexity index is 725. The number of benzene rings is 1. The van der Waals surface area contributed by atoms with Gasteiger partial charge in [0.05, 0.1) is 25.5 Å². The van der Waals surface area contributed by atoms with Crippen LogP contribution in [-0.4, -0.2) is 49.0 Å². The number of hydrogen-bond acceptors (Lipinski definition) is 5. The Labute approximate surface area is 147 Å². The lowest BCUT2D eigenvalue weighted by atomic mass is 9.70. The summed E-state index contributed by atoms with van der Waals surface area (Å²) < 4.78 is 6.15. The van der Waals surface area contributed by atoms with Gasteiger partial charge in [0.15, 0.2) is 0 Å². The van der Waals surface area contributed by atoms with Crippen molar-refractivity contribution in [3.05, 3.63) is 29.8 Å². The molecule has 0 aromatic heterocycles. The number of ether oxygens (including phenoxy) is 1. The van der Waals surface area contributed by atoms with Gasteiger partial charge < -0.3 is 15.2 Å². The van der Waals surface area contributed by atoms with Gasteiger partial charge in [0.2, 0.25) is 0 Å². The third-order valence-electron chi connectivity index (χ3n) is 6.90. The minimum atomic E-state index is -0.883. The quantitative estimate of drug-likeness (QED) is 0.837. The Kier molecular flexibility index (Phi) is 3.32. The van der Waals surface area contributed by atoms with Gasteiger partial charge in [-0.2, -0.15) is 5.06 Å². The highest BCUT2D eigenvalue weighted by atomic mass is 16.7. The third kappa shape index (κ3) is 1.76. The maximum absolute atomic E-state index is 13.5. The highest BCUT2D eigenvalue weighted by molar-refractivity contribution is 6.07. The molecule has 4 heterocycles. The molecule has 1 aliphatic carbocycles. The van der Waals surface area contributed by atoms with E-state index in [1.165, 1.54) is 12.2 Å². The normalized spacial score (nSPS) is 44.4. The number of anilines is 1. The van der Waals surface area contributed by atoms with Crippen LogP contribution in [0.3, 0.4) is 0 Å². The topological polar surface area (TPSA) is 71.0 Å². The Morgan fingerprint density at radius 2 is 2.24 bits per heavy atom. The predicted molar refractivity (Wildman–Crippen MR) is 91.0 cm³/mol. The van der Waals surface area contributed by atoms with Crippen LogP contribution in [0.5, 0.6) is 0 Å². The zero-order valence-electron chi connectivity index (χ0n) is 14.5. The van der Waals surface area contributed by atoms with Crippen LogP contribution in [0.25, 0.3) is 0 Å². The molecule has 1 aromatic rings. The Hall–Kier alpha value is -1.47. The maximum atomic E-state index is 13.5. The highest BCUT2D eigenvalue weighted by Gasteiger charge is 2.67. The number of para-hydroxylation sites is 1. The largest absolute Gasteiger partial charge is 0.390 e. The molecular formula is C19H24N2O4. The van der Waals surface area contributed by atoms with Crippen LogP contribution in [-0.2, 0) is 19.8 Å². The van der Waals surface area contributed by atoms with Gasteiger partial charge in [-0.1, -0.05) is 25.1 Å². The van der Waals surface area contributed by atoms with Crippen LogP contribution < -0.4 is 10.4 Å². The first-order chi connectivity index (χ1) is 12.1. The van der Waals surface area contributed by atoms with E-state index in [-0.39, 0.29) is 23.8 Å². The molecular weight excluding hydrogens is 320 g/mol. The molecule has 4 fully saturated rings. The van der Waals surface area contributed by atoms with E-state index in [1.807, 2.05) is 24.3 Å². The van der Waals surface area contributed by atoms with Crippen LogP contribution >= 0.6 is 0 Å². The first-order valence-electron chi connectivity index (χ1n) is 9.17. The molecule has 6 nitrogen and oxygen atoms in total. The number of hydroxylamine groups is 1. The average molecular weight is 344 g/mol. The van der Waals surface area contributed by atoms with E-state index in [1.54, 1.807) is 0 Å². The molecule has 1 aromatic carbocycles. The molecule has 6 heteroatoms.